The zero-order chi connectivity index (χ0) is 15.6. The van der Waals surface area contributed by atoms with Gasteiger partial charge >= 0.3 is 0 Å². The third-order valence-electron chi connectivity index (χ3n) is 2.68. The van der Waals surface area contributed by atoms with Crippen molar-refractivity contribution in [2.45, 2.75) is 4.90 Å². The third kappa shape index (κ3) is 3.30. The summed E-state index contributed by atoms with van der Waals surface area (Å²) in [6, 6.07) is 10.3. The average molecular weight is 307 g/mol. The first kappa shape index (κ1) is 14.8. The van der Waals surface area contributed by atoms with Gasteiger partial charge in [0, 0.05) is 5.56 Å². The van der Waals surface area contributed by atoms with E-state index in [1.165, 1.54) is 30.3 Å². The molecule has 7 nitrogen and oxygen atoms in total. The highest BCUT2D eigenvalue weighted by molar-refractivity contribution is 7.89. The van der Waals surface area contributed by atoms with Crippen LogP contribution in [0.5, 0.6) is 11.5 Å². The van der Waals surface area contributed by atoms with Crippen molar-refractivity contribution in [1.29, 1.82) is 0 Å². The molecule has 0 atom stereocenters. The molecule has 0 spiro atoms. The number of amides is 1. The van der Waals surface area contributed by atoms with Gasteiger partial charge in [0.2, 0.25) is 15.9 Å². The van der Waals surface area contributed by atoms with Gasteiger partial charge < -0.3 is 16.2 Å². The molecule has 0 aliphatic rings. The number of hydrogen-bond acceptors (Lipinski definition) is 5. The fourth-order valence-electron chi connectivity index (χ4n) is 1.70. The second kappa shape index (κ2) is 5.43. The summed E-state index contributed by atoms with van der Waals surface area (Å²) in [4.78, 5) is 10.9. The minimum atomic E-state index is -3.95. The smallest absolute Gasteiger partial charge is 0.248 e. The van der Waals surface area contributed by atoms with Gasteiger partial charge in [-0.15, -0.1) is 0 Å². The van der Waals surface area contributed by atoms with E-state index < -0.39 is 15.9 Å². The molecule has 2 aromatic rings. The van der Waals surface area contributed by atoms with Crippen LogP contribution in [0, 0.1) is 0 Å². The van der Waals surface area contributed by atoms with Gasteiger partial charge in [0.25, 0.3) is 0 Å². The summed E-state index contributed by atoms with van der Waals surface area (Å²) < 4.78 is 28.2. The van der Waals surface area contributed by atoms with E-state index in [1.54, 1.807) is 12.1 Å². The first-order chi connectivity index (χ1) is 9.79. The number of sulfonamides is 1. The Hall–Kier alpha value is -2.58. The predicted octanol–water partition coefficient (Wildman–Crippen LogP) is 0.807. The maximum atomic E-state index is 11.4. The number of hydrogen-bond donors (Lipinski definition) is 3. The number of para-hydroxylation sites is 1. The lowest BCUT2D eigenvalue weighted by molar-refractivity contribution is 0.1000. The molecule has 21 heavy (non-hydrogen) atoms. The standard InChI is InChI=1S/C13H13N3O4S/c14-12-10(5-2-6-11(12)21(16,18)19)20-9-4-1-3-8(7-9)13(15)17/h1-7H,14H2,(H2,15,17)(H2,16,18,19). The Morgan fingerprint density at radius 2 is 1.76 bits per heavy atom. The molecule has 2 aromatic carbocycles. The second-order valence-electron chi connectivity index (χ2n) is 4.21. The number of carbonyl (C=O) groups is 1. The van der Waals surface area contributed by atoms with E-state index in [0.29, 0.717) is 5.75 Å². The van der Waals surface area contributed by atoms with Crippen LogP contribution in [-0.4, -0.2) is 14.3 Å². The number of rotatable bonds is 4. The lowest BCUT2D eigenvalue weighted by Crippen LogP contribution is -2.14. The Labute approximate surface area is 121 Å². The predicted molar refractivity (Wildman–Crippen MR) is 77.3 cm³/mol. The molecule has 0 aliphatic heterocycles. The van der Waals surface area contributed by atoms with Crippen LogP contribution in [0.2, 0.25) is 0 Å². The summed E-state index contributed by atoms with van der Waals surface area (Å²) in [6.45, 7) is 0. The van der Waals surface area contributed by atoms with E-state index in [9.17, 15) is 13.2 Å². The van der Waals surface area contributed by atoms with Gasteiger partial charge in [-0.25, -0.2) is 13.6 Å². The fourth-order valence-corrected chi connectivity index (χ4v) is 2.38. The molecular weight excluding hydrogens is 294 g/mol. The van der Waals surface area contributed by atoms with Crippen LogP contribution in [0.1, 0.15) is 10.4 Å². The molecule has 0 saturated heterocycles. The first-order valence-corrected chi connectivity index (χ1v) is 7.32. The van der Waals surface area contributed by atoms with Crippen molar-refractivity contribution in [1.82, 2.24) is 0 Å². The number of benzene rings is 2. The maximum Gasteiger partial charge on any atom is 0.248 e. The Balaban J connectivity index is 2.41. The van der Waals surface area contributed by atoms with Crippen molar-refractivity contribution in [3.8, 4) is 11.5 Å². The highest BCUT2D eigenvalue weighted by Gasteiger charge is 2.16. The number of nitrogens with two attached hydrogens (primary N) is 3. The van der Waals surface area contributed by atoms with Crippen molar-refractivity contribution in [3.05, 3.63) is 48.0 Å². The second-order valence-corrected chi connectivity index (χ2v) is 5.74. The fraction of sp³-hybridized carbons (Fsp3) is 0. The summed E-state index contributed by atoms with van der Waals surface area (Å²) in [5, 5.41) is 5.06. The number of ether oxygens (including phenoxy) is 1. The topological polar surface area (TPSA) is 138 Å². The molecule has 2 rings (SSSR count). The van der Waals surface area contributed by atoms with Gasteiger partial charge in [-0.1, -0.05) is 12.1 Å². The molecule has 8 heteroatoms. The lowest BCUT2D eigenvalue weighted by Gasteiger charge is -2.11. The summed E-state index contributed by atoms with van der Waals surface area (Å²) >= 11 is 0. The summed E-state index contributed by atoms with van der Waals surface area (Å²) in [7, 11) is -3.95. The number of carbonyl (C=O) groups excluding carboxylic acids is 1. The molecule has 110 valence electrons. The highest BCUT2D eigenvalue weighted by Crippen LogP contribution is 2.32. The lowest BCUT2D eigenvalue weighted by atomic mass is 10.2. The Morgan fingerprint density at radius 1 is 1.10 bits per heavy atom. The van der Waals surface area contributed by atoms with Crippen LogP contribution in [0.25, 0.3) is 0 Å². The van der Waals surface area contributed by atoms with E-state index in [-0.39, 0.29) is 21.9 Å². The van der Waals surface area contributed by atoms with Crippen LogP contribution in [0.15, 0.2) is 47.4 Å². The highest BCUT2D eigenvalue weighted by atomic mass is 32.2. The van der Waals surface area contributed by atoms with Crippen molar-refractivity contribution >= 4 is 21.6 Å². The van der Waals surface area contributed by atoms with Gasteiger partial charge in [-0.3, -0.25) is 4.79 Å². The van der Waals surface area contributed by atoms with Crippen LogP contribution in [-0.2, 0) is 10.0 Å². The van der Waals surface area contributed by atoms with E-state index in [2.05, 4.69) is 0 Å². The SMILES string of the molecule is NC(=O)c1cccc(Oc2cccc(S(N)(=O)=O)c2N)c1. The monoisotopic (exact) mass is 307 g/mol. The number of primary sulfonamides is 1. The van der Waals surface area contributed by atoms with Crippen molar-refractivity contribution in [2.75, 3.05) is 5.73 Å². The molecule has 0 bridgehead atoms. The molecule has 0 saturated carbocycles. The molecule has 1 amide bonds. The number of primary amides is 1. The van der Waals surface area contributed by atoms with E-state index in [0.717, 1.165) is 0 Å². The van der Waals surface area contributed by atoms with Crippen LogP contribution in [0.4, 0.5) is 5.69 Å². The Kier molecular flexibility index (Phi) is 3.83. The summed E-state index contributed by atoms with van der Waals surface area (Å²) in [5.74, 6) is -0.195. The van der Waals surface area contributed by atoms with Gasteiger partial charge in [-0.2, -0.15) is 0 Å². The maximum absolute atomic E-state index is 11.4. The van der Waals surface area contributed by atoms with Crippen molar-refractivity contribution in [2.24, 2.45) is 10.9 Å². The molecule has 0 heterocycles. The Morgan fingerprint density at radius 3 is 2.38 bits per heavy atom. The molecule has 0 aromatic heterocycles. The molecule has 0 aliphatic carbocycles. The molecule has 0 unspecified atom stereocenters. The van der Waals surface area contributed by atoms with E-state index in [4.69, 9.17) is 21.3 Å². The van der Waals surface area contributed by atoms with Crippen LogP contribution in [0.3, 0.4) is 0 Å². The average Bonchev–Trinajstić information content (AvgIpc) is 2.40. The quantitative estimate of drug-likeness (QED) is 0.717. The summed E-state index contributed by atoms with van der Waals surface area (Å²) in [6.07, 6.45) is 0. The van der Waals surface area contributed by atoms with Crippen LogP contribution < -0.4 is 21.3 Å². The van der Waals surface area contributed by atoms with Gasteiger partial charge in [0.05, 0.1) is 5.69 Å². The normalized spacial score (nSPS) is 11.1. The van der Waals surface area contributed by atoms with Gasteiger partial charge in [0.15, 0.2) is 5.75 Å². The van der Waals surface area contributed by atoms with E-state index >= 15 is 0 Å². The summed E-state index contributed by atoms with van der Waals surface area (Å²) in [5.41, 5.74) is 11.1. The molecular formula is C13H13N3O4S. The molecule has 0 radical (unpaired) electrons. The van der Waals surface area contributed by atoms with Gasteiger partial charge in [0.1, 0.15) is 10.6 Å². The van der Waals surface area contributed by atoms with E-state index in [1.807, 2.05) is 0 Å². The first-order valence-electron chi connectivity index (χ1n) is 5.78. The number of nitrogen functional groups attached to an aromatic ring is 1. The number of anilines is 1. The minimum Gasteiger partial charge on any atom is -0.455 e. The largest absolute Gasteiger partial charge is 0.455 e. The Bertz CT molecular complexity index is 803. The zero-order valence-electron chi connectivity index (χ0n) is 10.8. The minimum absolute atomic E-state index is 0.107. The van der Waals surface area contributed by atoms with Gasteiger partial charge in [-0.05, 0) is 30.3 Å². The van der Waals surface area contributed by atoms with Crippen molar-refractivity contribution < 1.29 is 17.9 Å². The molecule has 0 fully saturated rings. The molecule has 6 N–H and O–H groups in total. The zero-order valence-corrected chi connectivity index (χ0v) is 11.6. The third-order valence-corrected chi connectivity index (χ3v) is 3.65. The van der Waals surface area contributed by atoms with Crippen molar-refractivity contribution in [3.63, 3.8) is 0 Å². The van der Waals surface area contributed by atoms with Crippen LogP contribution >= 0.6 is 0 Å².